The summed E-state index contributed by atoms with van der Waals surface area (Å²) in [5.74, 6) is -10.4. The first kappa shape index (κ1) is 60.0. The first-order chi connectivity index (χ1) is 34.9. The fourth-order valence-electron chi connectivity index (χ4n) is 7.25. The maximum Gasteiger partial charge on any atom is 0.326 e. The molecule has 0 aliphatic carbocycles. The van der Waals surface area contributed by atoms with Crippen LogP contribution >= 0.6 is 0 Å². The number of rotatable bonds is 30. The van der Waals surface area contributed by atoms with E-state index >= 15 is 0 Å². The fourth-order valence-corrected chi connectivity index (χ4v) is 7.25. The topological polar surface area (TPSA) is 438 Å². The van der Waals surface area contributed by atoms with Crippen LogP contribution in [0.3, 0.4) is 0 Å². The zero-order valence-corrected chi connectivity index (χ0v) is 41.8. The molecule has 0 radical (unpaired) electrons. The number of guanidine groups is 1. The molecule has 0 aliphatic rings. The van der Waals surface area contributed by atoms with E-state index < -0.39 is 120 Å². The van der Waals surface area contributed by atoms with Gasteiger partial charge >= 0.3 is 11.9 Å². The van der Waals surface area contributed by atoms with Crippen molar-refractivity contribution in [1.29, 1.82) is 0 Å². The lowest BCUT2D eigenvalue weighted by molar-refractivity contribution is -0.142. The minimum Gasteiger partial charge on any atom is -0.508 e. The minimum absolute atomic E-state index is 0.0369. The normalized spacial score (nSPS) is 14.7. The van der Waals surface area contributed by atoms with Gasteiger partial charge in [-0.25, -0.2) is 9.78 Å². The van der Waals surface area contributed by atoms with Gasteiger partial charge in [-0.15, -0.1) is 0 Å². The molecule has 0 aliphatic heterocycles. The zero-order valence-electron chi connectivity index (χ0n) is 41.8. The molecule has 0 saturated carbocycles. The van der Waals surface area contributed by atoms with Crippen LogP contribution in [0.4, 0.5) is 0 Å². The third kappa shape index (κ3) is 20.1. The maximum absolute atomic E-state index is 14.5. The molecule has 0 bridgehead atoms. The molecule has 0 spiro atoms. The first-order valence-electron chi connectivity index (χ1n) is 23.8. The predicted molar refractivity (Wildman–Crippen MR) is 267 cm³/mol. The van der Waals surface area contributed by atoms with Gasteiger partial charge in [0.05, 0.1) is 18.8 Å². The number of aromatic nitrogens is 2. The summed E-state index contributed by atoms with van der Waals surface area (Å²) in [7, 11) is 0. The molecule has 1 heterocycles. The molecule has 26 heteroatoms. The van der Waals surface area contributed by atoms with Crippen LogP contribution in [0.2, 0.25) is 0 Å². The highest BCUT2D eigenvalue weighted by molar-refractivity contribution is 5.98. The summed E-state index contributed by atoms with van der Waals surface area (Å²) in [6.07, 6.45) is 1.91. The van der Waals surface area contributed by atoms with Crippen molar-refractivity contribution in [2.24, 2.45) is 34.0 Å². The van der Waals surface area contributed by atoms with Crippen molar-refractivity contribution in [2.45, 2.75) is 128 Å². The Kier molecular flexibility index (Phi) is 23.7. The van der Waals surface area contributed by atoms with Crippen molar-refractivity contribution in [3.05, 3.63) is 77.9 Å². The number of imidazole rings is 1. The molecule has 3 rings (SSSR count). The van der Waals surface area contributed by atoms with Gasteiger partial charge in [0, 0.05) is 37.7 Å². The van der Waals surface area contributed by atoms with Crippen molar-refractivity contribution in [3.63, 3.8) is 0 Å². The highest BCUT2D eigenvalue weighted by Crippen LogP contribution is 2.16. The fraction of sp³-hybridized carbons (Fsp3) is 0.479. The van der Waals surface area contributed by atoms with E-state index in [-0.39, 0.29) is 56.1 Å². The third-order valence-corrected chi connectivity index (χ3v) is 11.7. The Bertz CT molecular complexity index is 2410. The molecule has 9 unspecified atom stereocenters. The van der Waals surface area contributed by atoms with E-state index in [0.29, 0.717) is 23.2 Å². The summed E-state index contributed by atoms with van der Waals surface area (Å²) in [5, 5.41) is 56.6. The van der Waals surface area contributed by atoms with Crippen molar-refractivity contribution in [3.8, 4) is 11.5 Å². The van der Waals surface area contributed by atoms with Crippen molar-refractivity contribution < 1.29 is 63.6 Å². The van der Waals surface area contributed by atoms with E-state index in [2.05, 4.69) is 52.2 Å². The van der Waals surface area contributed by atoms with Crippen LogP contribution in [0, 0.1) is 11.8 Å². The monoisotopic (exact) mass is 1040 g/mol. The zero-order chi connectivity index (χ0) is 55.2. The second kappa shape index (κ2) is 29.3. The number of nitrogens with zero attached hydrogens (tertiary/aromatic N) is 2. The van der Waals surface area contributed by atoms with Gasteiger partial charge in [0.15, 0.2) is 5.96 Å². The number of amides is 7. The molecule has 0 saturated heterocycles. The summed E-state index contributed by atoms with van der Waals surface area (Å²) in [6.45, 7) is 7.99. The number of carboxylic acid groups (broad SMARTS) is 2. The Morgan fingerprint density at radius 1 is 0.622 bits per heavy atom. The highest BCUT2D eigenvalue weighted by atomic mass is 16.4. The number of nitrogens with two attached hydrogens (primary N) is 3. The van der Waals surface area contributed by atoms with E-state index in [1.54, 1.807) is 27.7 Å². The Balaban J connectivity index is 1.89. The van der Waals surface area contributed by atoms with Crippen molar-refractivity contribution in [1.82, 2.24) is 47.2 Å². The number of nitrogens with one attached hydrogen (secondary N) is 8. The summed E-state index contributed by atoms with van der Waals surface area (Å²) in [6, 6.07) is 0.317. The van der Waals surface area contributed by atoms with Gasteiger partial charge in [-0.3, -0.25) is 43.3 Å². The lowest BCUT2D eigenvalue weighted by atomic mass is 9.96. The van der Waals surface area contributed by atoms with Crippen LogP contribution in [0.1, 0.15) is 77.1 Å². The van der Waals surface area contributed by atoms with E-state index in [0.717, 1.165) is 0 Å². The molecule has 1 aromatic heterocycles. The molecule has 26 nitrogen and oxygen atoms in total. The van der Waals surface area contributed by atoms with Gasteiger partial charge < -0.3 is 79.8 Å². The van der Waals surface area contributed by atoms with Gasteiger partial charge in [0.25, 0.3) is 0 Å². The number of aliphatic carboxylic acids is 2. The Labute approximate surface area is 426 Å². The van der Waals surface area contributed by atoms with Crippen LogP contribution in [0.15, 0.2) is 66.0 Å². The number of carboxylic acids is 2. The smallest absolute Gasteiger partial charge is 0.326 e. The number of aliphatic imine (C=N–C) groups is 1. The number of hydrogen-bond donors (Lipinski definition) is 15. The Morgan fingerprint density at radius 3 is 1.61 bits per heavy atom. The van der Waals surface area contributed by atoms with Gasteiger partial charge in [-0.2, -0.15) is 0 Å². The SMILES string of the molecule is CCC(C)C(NC(=O)C(Cc1ccc(O)cc1)NC(=O)C(NC(=O)C(CCCN=C(N)N)NC(=O)C(N)CC(=O)O)C(C)C)C(=O)NC(Cc1cnc[nH]1)C(=O)NC(C)C(=O)NC(Cc1ccc(O)cc1)C(=O)O. The maximum atomic E-state index is 14.5. The number of benzene rings is 2. The molecule has 3 aromatic rings. The predicted octanol–water partition coefficient (Wildman–Crippen LogP) is -2.10. The molecular formula is C48H69N13O13. The average Bonchev–Trinajstić information content (AvgIpc) is 3.86. The summed E-state index contributed by atoms with van der Waals surface area (Å²) < 4.78 is 0. The van der Waals surface area contributed by atoms with E-state index in [4.69, 9.17) is 22.3 Å². The van der Waals surface area contributed by atoms with Gasteiger partial charge in [0.2, 0.25) is 41.4 Å². The second-order valence-electron chi connectivity index (χ2n) is 18.1. The second-order valence-corrected chi connectivity index (χ2v) is 18.1. The lowest BCUT2D eigenvalue weighted by Gasteiger charge is -2.30. The molecule has 2 aromatic carbocycles. The van der Waals surface area contributed by atoms with Crippen molar-refractivity contribution >= 4 is 59.2 Å². The minimum atomic E-state index is -1.52. The van der Waals surface area contributed by atoms with E-state index in [1.807, 2.05) is 0 Å². The average molecular weight is 1040 g/mol. The molecule has 74 heavy (non-hydrogen) atoms. The van der Waals surface area contributed by atoms with Crippen LogP contribution in [0.25, 0.3) is 0 Å². The largest absolute Gasteiger partial charge is 0.508 e. The molecule has 7 amide bonds. The number of phenolic OH excluding ortho intramolecular Hbond substituents is 2. The summed E-state index contributed by atoms with van der Waals surface area (Å²) in [5.41, 5.74) is 17.9. The van der Waals surface area contributed by atoms with E-state index in [9.17, 15) is 58.5 Å². The molecule has 9 atom stereocenters. The molecular weight excluding hydrogens is 967 g/mol. The third-order valence-electron chi connectivity index (χ3n) is 11.7. The number of aromatic hydroxyl groups is 2. The van der Waals surface area contributed by atoms with Gasteiger partial charge in [-0.05, 0) is 67.0 Å². The van der Waals surface area contributed by atoms with Crippen LogP contribution in [0.5, 0.6) is 11.5 Å². The standard InChI is InChI=1S/C48H69N13O13/c1-6-25(4)39(46(72)58-35(20-29-22-52-23-54-29)43(69)55-26(5)40(66)59-36(47(73)74)19-28-11-15-31(63)16-12-28)61-44(70)34(18-27-9-13-30(62)14-10-27)57-45(71)38(24(2)3)60-42(68)33(8-7-17-53-48(50)51)56-41(67)32(49)21-37(64)65/h9-16,22-26,32-36,38-39,62-63H,6-8,17-21,49H2,1-5H3,(H,52,54)(H,55,69)(H,56,67)(H,57,71)(H,58,72)(H,59,66)(H,60,68)(H,61,70)(H,64,65)(H,73,74)(H4,50,51,53). The Morgan fingerprint density at radius 2 is 1.11 bits per heavy atom. The highest BCUT2D eigenvalue weighted by Gasteiger charge is 2.36. The molecule has 18 N–H and O–H groups in total. The van der Waals surface area contributed by atoms with E-state index in [1.165, 1.54) is 68.0 Å². The summed E-state index contributed by atoms with van der Waals surface area (Å²) in [4.78, 5) is 131. The van der Waals surface area contributed by atoms with Crippen LogP contribution in [-0.2, 0) is 62.4 Å². The molecule has 404 valence electrons. The van der Waals surface area contributed by atoms with Gasteiger partial charge in [0.1, 0.15) is 53.8 Å². The van der Waals surface area contributed by atoms with Crippen LogP contribution in [-0.4, -0.2) is 145 Å². The van der Waals surface area contributed by atoms with Gasteiger partial charge in [-0.1, -0.05) is 58.4 Å². The Hall–Kier alpha value is -8.29. The number of hydrogen-bond acceptors (Lipinski definition) is 14. The number of H-pyrrole nitrogens is 1. The number of aromatic amines is 1. The quantitative estimate of drug-likeness (QED) is 0.0193. The number of carbonyl (C=O) groups excluding carboxylic acids is 7. The summed E-state index contributed by atoms with van der Waals surface area (Å²) >= 11 is 0. The van der Waals surface area contributed by atoms with Crippen molar-refractivity contribution in [2.75, 3.05) is 6.54 Å². The molecule has 0 fully saturated rings. The lowest BCUT2D eigenvalue weighted by Crippen LogP contribution is -2.62. The number of phenols is 2. The number of carbonyl (C=O) groups is 9. The first-order valence-corrected chi connectivity index (χ1v) is 23.8. The van der Waals surface area contributed by atoms with Crippen LogP contribution < -0.4 is 54.4 Å².